The molecule has 2 heterocycles. The highest BCUT2D eigenvalue weighted by Gasteiger charge is 2.75. The summed E-state index contributed by atoms with van der Waals surface area (Å²) in [7, 11) is 0. The molecule has 1 saturated carbocycles. The summed E-state index contributed by atoms with van der Waals surface area (Å²) in [6, 6.07) is 13.1. The Hall–Kier alpha value is -2.83. The number of ether oxygens (including phenoxy) is 1. The summed E-state index contributed by atoms with van der Waals surface area (Å²) < 4.78 is 6.28. The molecule has 6 nitrogen and oxygen atoms in total. The number of carbonyl (C=O) groups excluding carboxylic acids is 4. The maximum Gasteiger partial charge on any atom is 0.237 e. The number of hydrogen-bond acceptors (Lipinski definition) is 5. The lowest BCUT2D eigenvalue weighted by atomic mass is 9.77. The van der Waals surface area contributed by atoms with E-state index in [-0.39, 0.29) is 23.1 Å². The number of nitrogens with zero attached hydrogens (tertiary/aromatic N) is 1. The molecule has 2 aromatic carbocycles. The molecule has 6 rings (SSSR count). The average molecular weight is 464 g/mol. The highest BCUT2D eigenvalue weighted by atomic mass is 35.5. The van der Waals surface area contributed by atoms with Crippen molar-refractivity contribution in [2.75, 3.05) is 0 Å². The van der Waals surface area contributed by atoms with Gasteiger partial charge in [0.15, 0.2) is 0 Å². The first-order chi connectivity index (χ1) is 15.9. The molecule has 0 radical (unpaired) electrons. The van der Waals surface area contributed by atoms with Gasteiger partial charge in [0.05, 0.1) is 17.9 Å². The molecule has 1 spiro atoms. The van der Waals surface area contributed by atoms with Crippen LogP contribution >= 0.6 is 11.6 Å². The van der Waals surface area contributed by atoms with Crippen molar-refractivity contribution in [2.45, 2.75) is 49.9 Å². The summed E-state index contributed by atoms with van der Waals surface area (Å²) in [6.45, 7) is 0. The zero-order valence-corrected chi connectivity index (χ0v) is 18.6. The van der Waals surface area contributed by atoms with Crippen LogP contribution in [0.1, 0.15) is 64.5 Å². The van der Waals surface area contributed by atoms with Crippen molar-refractivity contribution in [3.05, 3.63) is 70.2 Å². The molecule has 0 aromatic heterocycles. The maximum atomic E-state index is 13.8. The lowest BCUT2D eigenvalue weighted by Gasteiger charge is -2.33. The second-order valence-electron chi connectivity index (χ2n) is 9.37. The third-order valence-electron chi connectivity index (χ3n) is 7.69. The molecule has 2 amide bonds. The highest BCUT2D eigenvalue weighted by Crippen LogP contribution is 2.57. The summed E-state index contributed by atoms with van der Waals surface area (Å²) in [5, 5.41) is 0.515. The highest BCUT2D eigenvalue weighted by molar-refractivity contribution is 6.35. The first-order valence-electron chi connectivity index (χ1n) is 11.4. The predicted molar refractivity (Wildman–Crippen MR) is 119 cm³/mol. The number of rotatable bonds is 2. The van der Waals surface area contributed by atoms with Crippen molar-refractivity contribution in [1.82, 2.24) is 4.90 Å². The van der Waals surface area contributed by atoms with E-state index in [4.69, 9.17) is 16.3 Å². The van der Waals surface area contributed by atoms with E-state index in [1.165, 1.54) is 4.90 Å². The Kier molecular flexibility index (Phi) is 4.61. The molecule has 2 aliphatic heterocycles. The molecule has 2 aliphatic carbocycles. The van der Waals surface area contributed by atoms with Gasteiger partial charge in [-0.2, -0.15) is 0 Å². The monoisotopic (exact) mass is 463 g/mol. The Morgan fingerprint density at radius 2 is 1.42 bits per heavy atom. The Labute approximate surface area is 195 Å². The fourth-order valence-corrected chi connectivity index (χ4v) is 6.32. The number of hydrogen-bond donors (Lipinski definition) is 0. The van der Waals surface area contributed by atoms with Crippen LogP contribution in [0.5, 0.6) is 0 Å². The van der Waals surface area contributed by atoms with Crippen LogP contribution in [0.4, 0.5) is 0 Å². The van der Waals surface area contributed by atoms with Gasteiger partial charge in [-0.25, -0.2) is 0 Å². The van der Waals surface area contributed by atoms with E-state index in [9.17, 15) is 19.2 Å². The Morgan fingerprint density at radius 1 is 0.818 bits per heavy atom. The van der Waals surface area contributed by atoms with Crippen LogP contribution in [0, 0.1) is 11.8 Å². The van der Waals surface area contributed by atoms with Crippen molar-refractivity contribution in [3.63, 3.8) is 0 Å². The van der Waals surface area contributed by atoms with Crippen LogP contribution in [0.15, 0.2) is 48.5 Å². The zero-order valence-electron chi connectivity index (χ0n) is 17.8. The fraction of sp³-hybridized carbons (Fsp3) is 0.385. The second-order valence-corrected chi connectivity index (χ2v) is 9.81. The van der Waals surface area contributed by atoms with E-state index < -0.39 is 41.0 Å². The molecule has 33 heavy (non-hydrogen) atoms. The molecule has 2 saturated heterocycles. The molecule has 7 heteroatoms. The summed E-state index contributed by atoms with van der Waals surface area (Å²) in [4.78, 5) is 56.3. The van der Waals surface area contributed by atoms with Gasteiger partial charge in [-0.15, -0.1) is 0 Å². The van der Waals surface area contributed by atoms with Crippen LogP contribution in [0.25, 0.3) is 0 Å². The molecule has 2 aromatic rings. The molecule has 3 fully saturated rings. The molecule has 0 unspecified atom stereocenters. The number of fused-ring (bicyclic) bond motifs is 3. The number of imide groups is 1. The second kappa shape index (κ2) is 7.34. The smallest absolute Gasteiger partial charge is 0.237 e. The van der Waals surface area contributed by atoms with E-state index in [0.29, 0.717) is 10.6 Å². The van der Waals surface area contributed by atoms with Crippen molar-refractivity contribution < 1.29 is 23.9 Å². The number of benzene rings is 2. The van der Waals surface area contributed by atoms with E-state index >= 15 is 0 Å². The van der Waals surface area contributed by atoms with Crippen LogP contribution in [-0.4, -0.2) is 39.9 Å². The van der Waals surface area contributed by atoms with Crippen LogP contribution in [0.3, 0.4) is 0 Å². The van der Waals surface area contributed by atoms with Crippen LogP contribution in [0.2, 0.25) is 5.02 Å². The van der Waals surface area contributed by atoms with Crippen LogP contribution < -0.4 is 0 Å². The Balaban J connectivity index is 1.50. The molecule has 0 N–H and O–H groups in total. The van der Waals surface area contributed by atoms with Gasteiger partial charge < -0.3 is 4.74 Å². The standard InChI is InChI=1S/C26H22ClNO5/c27-15-12-10-14(11-13-15)21-19-20(25(32)28(24(19)31)16-6-2-1-3-7-16)26(33-21)22(29)17-8-4-5-9-18(17)23(26)30/h4-5,8-13,16,19-21H,1-3,6-7H2/t19-,20-,21-/m0/s1. The average Bonchev–Trinajstić information content (AvgIpc) is 3.40. The van der Waals surface area contributed by atoms with E-state index in [2.05, 4.69) is 0 Å². The van der Waals surface area contributed by atoms with Crippen molar-refractivity contribution >= 4 is 35.0 Å². The SMILES string of the molecule is O=C1[C@H]2[C@@H](C(=O)N1C1CCCCC1)C1(O[C@H]2c2ccc(Cl)cc2)C(=O)c2ccccc2C1=O. The third kappa shape index (κ3) is 2.71. The van der Waals surface area contributed by atoms with Gasteiger partial charge in [-0.3, -0.25) is 24.1 Å². The minimum absolute atomic E-state index is 0.193. The lowest BCUT2D eigenvalue weighted by molar-refractivity contribution is -0.148. The summed E-state index contributed by atoms with van der Waals surface area (Å²) >= 11 is 6.06. The lowest BCUT2D eigenvalue weighted by Crippen LogP contribution is -2.52. The third-order valence-corrected chi connectivity index (χ3v) is 7.94. The first kappa shape index (κ1) is 20.8. The van der Waals surface area contributed by atoms with E-state index in [1.54, 1.807) is 48.5 Å². The van der Waals surface area contributed by atoms with E-state index in [0.717, 1.165) is 32.1 Å². The Bertz CT molecular complexity index is 1160. The van der Waals surface area contributed by atoms with Gasteiger partial charge in [-0.1, -0.05) is 67.3 Å². The van der Waals surface area contributed by atoms with Gasteiger partial charge in [0, 0.05) is 22.2 Å². The summed E-state index contributed by atoms with van der Waals surface area (Å²) in [5.74, 6) is -3.95. The maximum absolute atomic E-state index is 13.8. The predicted octanol–water partition coefficient (Wildman–Crippen LogP) is 4.16. The van der Waals surface area contributed by atoms with Gasteiger partial charge in [-0.05, 0) is 30.5 Å². The van der Waals surface area contributed by atoms with E-state index in [1.807, 2.05) is 0 Å². The number of carbonyl (C=O) groups is 4. The van der Waals surface area contributed by atoms with Crippen LogP contribution in [-0.2, 0) is 14.3 Å². The van der Waals surface area contributed by atoms with Gasteiger partial charge in [0.1, 0.15) is 0 Å². The largest absolute Gasteiger partial charge is 0.349 e. The number of Topliss-reactive ketones (excluding diaryl/α,β-unsaturated/α-hetero) is 2. The fourth-order valence-electron chi connectivity index (χ4n) is 6.19. The van der Waals surface area contributed by atoms with Gasteiger partial charge in [0.2, 0.25) is 29.0 Å². The topological polar surface area (TPSA) is 80.8 Å². The van der Waals surface area contributed by atoms with Gasteiger partial charge >= 0.3 is 0 Å². The molecular formula is C26H22ClNO5. The Morgan fingerprint density at radius 3 is 2.03 bits per heavy atom. The summed E-state index contributed by atoms with van der Waals surface area (Å²) in [5.41, 5.74) is -0.896. The molecular weight excluding hydrogens is 442 g/mol. The number of likely N-dealkylation sites (tertiary alicyclic amines) is 1. The van der Waals surface area contributed by atoms with Gasteiger partial charge in [0.25, 0.3) is 0 Å². The first-order valence-corrected chi connectivity index (χ1v) is 11.8. The molecule has 3 atom stereocenters. The quantitative estimate of drug-likeness (QED) is 0.493. The number of halogens is 1. The summed E-state index contributed by atoms with van der Waals surface area (Å²) in [6.07, 6.45) is 3.58. The molecule has 168 valence electrons. The van der Waals surface area contributed by atoms with Crippen molar-refractivity contribution in [3.8, 4) is 0 Å². The minimum Gasteiger partial charge on any atom is -0.349 e. The number of ketones is 2. The number of amides is 2. The normalized spacial score (nSPS) is 28.6. The molecule has 4 aliphatic rings. The zero-order chi connectivity index (χ0) is 22.9. The van der Waals surface area contributed by atoms with Crippen molar-refractivity contribution in [2.24, 2.45) is 11.8 Å². The molecule has 0 bridgehead atoms. The van der Waals surface area contributed by atoms with Crippen molar-refractivity contribution in [1.29, 1.82) is 0 Å². The minimum atomic E-state index is -2.01.